The SMILES string of the molecule is CCNC(=NCC1CCN(S(=O)(=O)C(F)(F)F)CC1)NCCCOC1CCCC1. The molecule has 170 valence electrons. The first-order valence-corrected chi connectivity index (χ1v) is 11.9. The lowest BCUT2D eigenvalue weighted by Crippen LogP contribution is -2.45. The molecule has 0 radical (unpaired) electrons. The van der Waals surface area contributed by atoms with Crippen LogP contribution in [0.25, 0.3) is 0 Å². The zero-order valence-electron chi connectivity index (χ0n) is 17.0. The van der Waals surface area contributed by atoms with Gasteiger partial charge in [0, 0.05) is 39.3 Å². The largest absolute Gasteiger partial charge is 0.511 e. The molecule has 2 rings (SSSR count). The summed E-state index contributed by atoms with van der Waals surface area (Å²) in [5.74, 6) is 0.731. The second-order valence-corrected chi connectivity index (χ2v) is 9.50. The number of hydrogen-bond acceptors (Lipinski definition) is 4. The first-order valence-electron chi connectivity index (χ1n) is 10.4. The summed E-state index contributed by atoms with van der Waals surface area (Å²) >= 11 is 0. The molecule has 1 heterocycles. The van der Waals surface area contributed by atoms with Crippen molar-refractivity contribution in [3.8, 4) is 0 Å². The van der Waals surface area contributed by atoms with Gasteiger partial charge in [-0.05, 0) is 44.9 Å². The minimum Gasteiger partial charge on any atom is -0.378 e. The van der Waals surface area contributed by atoms with Crippen LogP contribution in [0.3, 0.4) is 0 Å². The summed E-state index contributed by atoms with van der Waals surface area (Å²) in [6, 6.07) is 0. The van der Waals surface area contributed by atoms with E-state index in [0.29, 0.717) is 48.9 Å². The Balaban J connectivity index is 1.70. The van der Waals surface area contributed by atoms with Crippen molar-refractivity contribution in [3.05, 3.63) is 0 Å². The lowest BCUT2D eigenvalue weighted by atomic mass is 9.98. The van der Waals surface area contributed by atoms with E-state index in [2.05, 4.69) is 15.6 Å². The molecule has 2 aliphatic rings. The molecule has 29 heavy (non-hydrogen) atoms. The Bertz CT molecular complexity index is 614. The van der Waals surface area contributed by atoms with Crippen LogP contribution >= 0.6 is 0 Å². The highest BCUT2D eigenvalue weighted by Gasteiger charge is 2.50. The standard InChI is InChI=1S/C18H33F3N4O3S/c1-2-22-17(23-10-5-13-28-16-6-3-4-7-16)24-14-15-8-11-25(12-9-15)29(26,27)18(19,20)21/h15-16H,2-14H2,1H3,(H2,22,23,24). The Morgan fingerprint density at radius 2 is 1.79 bits per heavy atom. The van der Waals surface area contributed by atoms with Crippen molar-refractivity contribution in [2.24, 2.45) is 10.9 Å². The van der Waals surface area contributed by atoms with Crippen molar-refractivity contribution in [3.63, 3.8) is 0 Å². The molecular weight excluding hydrogens is 409 g/mol. The summed E-state index contributed by atoms with van der Waals surface area (Å²) in [6.07, 6.45) is 6.82. The smallest absolute Gasteiger partial charge is 0.378 e. The third-order valence-electron chi connectivity index (χ3n) is 5.33. The minimum atomic E-state index is -5.23. The van der Waals surface area contributed by atoms with Crippen LogP contribution < -0.4 is 10.6 Å². The Labute approximate surface area is 171 Å². The number of rotatable bonds is 9. The predicted molar refractivity (Wildman–Crippen MR) is 106 cm³/mol. The monoisotopic (exact) mass is 442 g/mol. The summed E-state index contributed by atoms with van der Waals surface area (Å²) < 4.78 is 67.2. The summed E-state index contributed by atoms with van der Waals surface area (Å²) in [4.78, 5) is 4.51. The maximum absolute atomic E-state index is 12.6. The van der Waals surface area contributed by atoms with E-state index >= 15 is 0 Å². The fourth-order valence-electron chi connectivity index (χ4n) is 3.62. The zero-order valence-corrected chi connectivity index (χ0v) is 17.8. The van der Waals surface area contributed by atoms with Gasteiger partial charge in [-0.1, -0.05) is 12.8 Å². The van der Waals surface area contributed by atoms with Gasteiger partial charge in [0.25, 0.3) is 0 Å². The van der Waals surface area contributed by atoms with Crippen molar-refractivity contribution in [1.82, 2.24) is 14.9 Å². The number of alkyl halides is 3. The van der Waals surface area contributed by atoms with Crippen molar-refractivity contribution >= 4 is 16.0 Å². The van der Waals surface area contributed by atoms with Gasteiger partial charge in [0.05, 0.1) is 6.10 Å². The Kier molecular flexibility index (Phi) is 9.48. The molecule has 0 bridgehead atoms. The lowest BCUT2D eigenvalue weighted by Gasteiger charge is -2.30. The van der Waals surface area contributed by atoms with Crippen molar-refractivity contribution in [2.45, 2.75) is 63.5 Å². The van der Waals surface area contributed by atoms with Gasteiger partial charge in [-0.25, -0.2) is 8.42 Å². The van der Waals surface area contributed by atoms with Crippen LogP contribution in [0, 0.1) is 5.92 Å². The number of nitrogens with one attached hydrogen (secondary N) is 2. The van der Waals surface area contributed by atoms with E-state index < -0.39 is 15.5 Å². The molecule has 0 aromatic carbocycles. The quantitative estimate of drug-likeness (QED) is 0.326. The number of guanidine groups is 1. The van der Waals surface area contributed by atoms with Gasteiger partial charge in [0.15, 0.2) is 5.96 Å². The molecule has 2 fully saturated rings. The van der Waals surface area contributed by atoms with E-state index in [9.17, 15) is 21.6 Å². The minimum absolute atomic E-state index is 0.0656. The molecule has 1 aliphatic carbocycles. The molecule has 1 aliphatic heterocycles. The van der Waals surface area contributed by atoms with Crippen LogP contribution in [0.4, 0.5) is 13.2 Å². The van der Waals surface area contributed by atoms with Crippen LogP contribution in [0.5, 0.6) is 0 Å². The molecule has 0 aromatic heterocycles. The van der Waals surface area contributed by atoms with Gasteiger partial charge in [-0.3, -0.25) is 4.99 Å². The second kappa shape index (κ2) is 11.4. The molecule has 0 amide bonds. The fraction of sp³-hybridized carbons (Fsp3) is 0.944. The molecule has 0 atom stereocenters. The van der Waals surface area contributed by atoms with Crippen molar-refractivity contribution in [1.29, 1.82) is 0 Å². The average Bonchev–Trinajstić information content (AvgIpc) is 3.18. The Morgan fingerprint density at radius 3 is 2.38 bits per heavy atom. The van der Waals surface area contributed by atoms with Gasteiger partial charge in [-0.2, -0.15) is 17.5 Å². The van der Waals surface area contributed by atoms with Crippen LogP contribution in [-0.2, 0) is 14.8 Å². The Morgan fingerprint density at radius 1 is 1.14 bits per heavy atom. The van der Waals surface area contributed by atoms with E-state index in [1.54, 1.807) is 0 Å². The third-order valence-corrected chi connectivity index (χ3v) is 6.96. The van der Waals surface area contributed by atoms with Gasteiger partial charge in [0.1, 0.15) is 0 Å². The van der Waals surface area contributed by atoms with E-state index in [-0.39, 0.29) is 19.0 Å². The van der Waals surface area contributed by atoms with Gasteiger partial charge < -0.3 is 15.4 Å². The van der Waals surface area contributed by atoms with Gasteiger partial charge in [0.2, 0.25) is 0 Å². The van der Waals surface area contributed by atoms with E-state index in [1.807, 2.05) is 6.92 Å². The molecular formula is C18H33F3N4O3S. The molecule has 1 saturated heterocycles. The van der Waals surface area contributed by atoms with Crippen LogP contribution in [0.2, 0.25) is 0 Å². The topological polar surface area (TPSA) is 83.0 Å². The first-order chi connectivity index (χ1) is 13.7. The second-order valence-electron chi connectivity index (χ2n) is 7.57. The average molecular weight is 443 g/mol. The van der Waals surface area contributed by atoms with Crippen molar-refractivity contribution < 1.29 is 26.3 Å². The summed E-state index contributed by atoms with van der Waals surface area (Å²) in [5, 5.41) is 6.39. The molecule has 1 saturated carbocycles. The van der Waals surface area contributed by atoms with Crippen LogP contribution in [-0.4, -0.2) is 69.6 Å². The van der Waals surface area contributed by atoms with E-state index in [4.69, 9.17) is 4.74 Å². The highest BCUT2D eigenvalue weighted by Crippen LogP contribution is 2.30. The number of piperidine rings is 1. The lowest BCUT2D eigenvalue weighted by molar-refractivity contribution is -0.0496. The number of aliphatic imine (C=N–C) groups is 1. The highest BCUT2D eigenvalue weighted by molar-refractivity contribution is 7.90. The maximum atomic E-state index is 12.6. The van der Waals surface area contributed by atoms with Crippen LogP contribution in [0.15, 0.2) is 4.99 Å². The van der Waals surface area contributed by atoms with Crippen LogP contribution in [0.1, 0.15) is 51.9 Å². The zero-order chi connectivity index (χ0) is 21.3. The number of ether oxygens (including phenoxy) is 1. The molecule has 0 spiro atoms. The maximum Gasteiger partial charge on any atom is 0.511 e. The normalized spacial score (nSPS) is 20.9. The summed E-state index contributed by atoms with van der Waals surface area (Å²) in [6.45, 7) is 4.31. The van der Waals surface area contributed by atoms with E-state index in [0.717, 1.165) is 25.8 Å². The number of hydrogen-bond donors (Lipinski definition) is 2. The highest BCUT2D eigenvalue weighted by atomic mass is 32.2. The van der Waals surface area contributed by atoms with Crippen molar-refractivity contribution in [2.75, 3.05) is 39.3 Å². The number of halogens is 3. The molecule has 7 nitrogen and oxygen atoms in total. The summed E-state index contributed by atoms with van der Waals surface area (Å²) in [5.41, 5.74) is -5.23. The third kappa shape index (κ3) is 7.60. The first kappa shape index (κ1) is 24.2. The van der Waals surface area contributed by atoms with E-state index in [1.165, 1.54) is 12.8 Å². The van der Waals surface area contributed by atoms with Gasteiger partial charge in [-0.15, -0.1) is 0 Å². The predicted octanol–water partition coefficient (Wildman–Crippen LogP) is 2.45. The molecule has 2 N–H and O–H groups in total. The Hall–Kier alpha value is -1.07. The van der Waals surface area contributed by atoms with Gasteiger partial charge >= 0.3 is 15.5 Å². The number of sulfonamides is 1. The molecule has 0 aromatic rings. The summed E-state index contributed by atoms with van der Waals surface area (Å²) in [7, 11) is -5.23. The molecule has 11 heteroatoms. The molecule has 0 unspecified atom stereocenters. The number of nitrogens with zero attached hydrogens (tertiary/aromatic N) is 2. The fourth-order valence-corrected chi connectivity index (χ4v) is 4.61.